The Kier molecular flexibility index (Phi) is 3.79. The summed E-state index contributed by atoms with van der Waals surface area (Å²) in [6, 6.07) is 18.1. The molecule has 0 saturated heterocycles. The van der Waals surface area contributed by atoms with E-state index in [4.69, 9.17) is 4.74 Å². The van der Waals surface area contributed by atoms with E-state index in [9.17, 15) is 4.79 Å². The predicted molar refractivity (Wildman–Crippen MR) is 82.3 cm³/mol. The minimum Gasteiger partial charge on any atom is -0.484 e. The first-order valence-corrected chi connectivity index (χ1v) is 7.38. The molecule has 0 spiro atoms. The molecule has 1 heterocycles. The monoisotopic (exact) mass is 282 g/mol. The van der Waals surface area contributed by atoms with Crippen molar-refractivity contribution in [3.05, 3.63) is 64.9 Å². The highest BCUT2D eigenvalue weighted by Crippen LogP contribution is 2.32. The third-order valence-corrected chi connectivity index (χ3v) is 4.15. The third kappa shape index (κ3) is 2.58. The zero-order chi connectivity index (χ0) is 13.8. The predicted octanol–water partition coefficient (Wildman–Crippen LogP) is 4.61. The van der Waals surface area contributed by atoms with Gasteiger partial charge in [-0.3, -0.25) is 0 Å². The van der Waals surface area contributed by atoms with Crippen LogP contribution in [0.5, 0.6) is 5.75 Å². The fraction of sp³-hybridized carbons (Fsp3) is 0.118. The van der Waals surface area contributed by atoms with Crippen molar-refractivity contribution < 1.29 is 9.53 Å². The summed E-state index contributed by atoms with van der Waals surface area (Å²) in [6.45, 7) is 0. The van der Waals surface area contributed by atoms with Crippen molar-refractivity contribution >= 4 is 28.4 Å². The minimum atomic E-state index is -0.210. The highest BCUT2D eigenvalue weighted by Gasteiger charge is 2.15. The van der Waals surface area contributed by atoms with Crippen molar-refractivity contribution in [2.24, 2.45) is 0 Å². The van der Waals surface area contributed by atoms with E-state index in [0.717, 1.165) is 27.7 Å². The average molecular weight is 282 g/mol. The van der Waals surface area contributed by atoms with Gasteiger partial charge in [0, 0.05) is 16.7 Å². The van der Waals surface area contributed by atoms with Gasteiger partial charge in [-0.05, 0) is 22.9 Å². The largest absolute Gasteiger partial charge is 0.484 e. The second-order valence-electron chi connectivity index (χ2n) is 4.50. The van der Waals surface area contributed by atoms with Gasteiger partial charge in [-0.25, -0.2) is 0 Å². The first kappa shape index (κ1) is 12.9. The summed E-state index contributed by atoms with van der Waals surface area (Å²) in [5.74, 6) is 0.823. The molecule has 1 aromatic heterocycles. The lowest BCUT2D eigenvalue weighted by atomic mass is 10.1. The zero-order valence-corrected chi connectivity index (χ0v) is 11.7. The molecule has 0 saturated carbocycles. The quantitative estimate of drug-likeness (QED) is 0.639. The molecule has 3 aromatic rings. The van der Waals surface area contributed by atoms with Crippen molar-refractivity contribution in [3.63, 3.8) is 0 Å². The van der Waals surface area contributed by atoms with Gasteiger partial charge in [-0.2, -0.15) is 0 Å². The van der Waals surface area contributed by atoms with Gasteiger partial charge in [-0.1, -0.05) is 42.5 Å². The zero-order valence-electron chi connectivity index (χ0n) is 10.9. The number of benzene rings is 2. The fourth-order valence-electron chi connectivity index (χ4n) is 2.24. The van der Waals surface area contributed by atoms with Gasteiger partial charge >= 0.3 is 0 Å². The molecular formula is C17H14O2S. The Hall–Kier alpha value is -2.13. The Morgan fingerprint density at radius 2 is 1.90 bits per heavy atom. The topological polar surface area (TPSA) is 26.3 Å². The summed E-state index contributed by atoms with van der Waals surface area (Å²) in [6.07, 6.45) is 1.07. The van der Waals surface area contributed by atoms with Crippen LogP contribution in [0, 0.1) is 0 Å². The van der Waals surface area contributed by atoms with Crippen molar-refractivity contribution in [1.29, 1.82) is 0 Å². The van der Waals surface area contributed by atoms with E-state index in [2.05, 4.69) is 12.1 Å². The summed E-state index contributed by atoms with van der Waals surface area (Å²) in [5, 5.41) is 4.21. The Morgan fingerprint density at radius 1 is 1.05 bits per heavy atom. The summed E-state index contributed by atoms with van der Waals surface area (Å²) in [5.41, 5.74) is 0. The molecule has 0 aliphatic carbocycles. The number of thiophene rings is 1. The number of carbonyl (C=O) groups is 1. The van der Waals surface area contributed by atoms with Gasteiger partial charge in [0.25, 0.3) is 0 Å². The van der Waals surface area contributed by atoms with E-state index in [1.807, 2.05) is 47.8 Å². The molecule has 0 bridgehead atoms. The highest BCUT2D eigenvalue weighted by molar-refractivity contribution is 7.10. The summed E-state index contributed by atoms with van der Waals surface area (Å²) < 4.78 is 6.09. The normalized spacial score (nSPS) is 12.2. The number of hydrogen-bond donors (Lipinski definition) is 0. The molecule has 20 heavy (non-hydrogen) atoms. The first-order valence-electron chi connectivity index (χ1n) is 6.50. The maximum absolute atomic E-state index is 10.9. The molecule has 0 N–H and O–H groups in total. The smallest absolute Gasteiger partial charge is 0.139 e. The molecule has 1 atom stereocenters. The van der Waals surface area contributed by atoms with Gasteiger partial charge in [0.15, 0.2) is 0 Å². The molecule has 3 heteroatoms. The molecule has 2 aromatic carbocycles. The maximum atomic E-state index is 10.9. The summed E-state index contributed by atoms with van der Waals surface area (Å²) in [4.78, 5) is 12.0. The number of aldehydes is 1. The van der Waals surface area contributed by atoms with Crippen LogP contribution >= 0.6 is 11.3 Å². The number of fused-ring (bicyclic) bond motifs is 1. The SMILES string of the molecule is O=CC[C@H](Oc1cccc2ccccc12)c1cccs1. The lowest BCUT2D eigenvalue weighted by Crippen LogP contribution is -2.06. The van der Waals surface area contributed by atoms with E-state index < -0.39 is 0 Å². The van der Waals surface area contributed by atoms with Crippen LogP contribution in [0.1, 0.15) is 17.4 Å². The standard InChI is InChI=1S/C17H14O2S/c18-11-10-16(17-9-4-12-20-17)19-15-8-3-6-13-5-1-2-7-14(13)15/h1-9,11-12,16H,10H2/t16-/m0/s1. The van der Waals surface area contributed by atoms with E-state index in [1.54, 1.807) is 11.3 Å². The minimum absolute atomic E-state index is 0.210. The van der Waals surface area contributed by atoms with Gasteiger partial charge in [-0.15, -0.1) is 11.3 Å². The van der Waals surface area contributed by atoms with Crippen LogP contribution in [0.25, 0.3) is 10.8 Å². The number of hydrogen-bond acceptors (Lipinski definition) is 3. The van der Waals surface area contributed by atoms with Crippen LogP contribution in [-0.2, 0) is 4.79 Å². The molecule has 100 valence electrons. The number of ether oxygens (including phenoxy) is 1. The molecule has 3 rings (SSSR count). The van der Waals surface area contributed by atoms with E-state index >= 15 is 0 Å². The van der Waals surface area contributed by atoms with Crippen LogP contribution in [0.2, 0.25) is 0 Å². The van der Waals surface area contributed by atoms with Crippen molar-refractivity contribution in [2.75, 3.05) is 0 Å². The lowest BCUT2D eigenvalue weighted by Gasteiger charge is -2.17. The van der Waals surface area contributed by atoms with E-state index in [0.29, 0.717) is 6.42 Å². The molecule has 0 amide bonds. The highest BCUT2D eigenvalue weighted by atomic mass is 32.1. The van der Waals surface area contributed by atoms with Gasteiger partial charge in [0.2, 0.25) is 0 Å². The first-order chi connectivity index (χ1) is 9.88. The van der Waals surface area contributed by atoms with E-state index in [-0.39, 0.29) is 6.10 Å². The van der Waals surface area contributed by atoms with Crippen LogP contribution in [0.15, 0.2) is 60.0 Å². The van der Waals surface area contributed by atoms with Gasteiger partial charge < -0.3 is 9.53 Å². The Labute approximate surface area is 121 Å². The van der Waals surface area contributed by atoms with E-state index in [1.165, 1.54) is 0 Å². The average Bonchev–Trinajstić information content (AvgIpc) is 3.01. The molecule has 2 nitrogen and oxygen atoms in total. The maximum Gasteiger partial charge on any atom is 0.139 e. The van der Waals surface area contributed by atoms with Crippen LogP contribution < -0.4 is 4.74 Å². The Morgan fingerprint density at radius 3 is 2.70 bits per heavy atom. The molecule has 0 unspecified atom stereocenters. The van der Waals surface area contributed by atoms with Crippen molar-refractivity contribution in [1.82, 2.24) is 0 Å². The number of carbonyl (C=O) groups excluding carboxylic acids is 1. The van der Waals surface area contributed by atoms with Crippen molar-refractivity contribution in [3.8, 4) is 5.75 Å². The fourth-order valence-corrected chi connectivity index (χ4v) is 3.00. The molecule has 0 aliphatic heterocycles. The molecule has 0 fully saturated rings. The summed E-state index contributed by atoms with van der Waals surface area (Å²) in [7, 11) is 0. The van der Waals surface area contributed by atoms with Crippen LogP contribution in [0.3, 0.4) is 0 Å². The number of rotatable bonds is 5. The molecule has 0 radical (unpaired) electrons. The molecular weight excluding hydrogens is 268 g/mol. The van der Waals surface area contributed by atoms with Crippen molar-refractivity contribution in [2.45, 2.75) is 12.5 Å². The Bertz CT molecular complexity index is 699. The van der Waals surface area contributed by atoms with Gasteiger partial charge in [0.1, 0.15) is 18.1 Å². The molecule has 0 aliphatic rings. The second-order valence-corrected chi connectivity index (χ2v) is 5.48. The Balaban J connectivity index is 1.96. The van der Waals surface area contributed by atoms with Crippen LogP contribution in [0.4, 0.5) is 0 Å². The lowest BCUT2D eigenvalue weighted by molar-refractivity contribution is -0.109. The van der Waals surface area contributed by atoms with Gasteiger partial charge in [0.05, 0.1) is 0 Å². The third-order valence-electron chi connectivity index (χ3n) is 3.19. The second kappa shape index (κ2) is 5.88. The van der Waals surface area contributed by atoms with Crippen LogP contribution in [-0.4, -0.2) is 6.29 Å². The summed E-state index contributed by atoms with van der Waals surface area (Å²) >= 11 is 1.61.